The van der Waals surface area contributed by atoms with E-state index < -0.39 is 5.60 Å². The third-order valence-electron chi connectivity index (χ3n) is 4.06. The van der Waals surface area contributed by atoms with E-state index in [2.05, 4.69) is 5.32 Å². The first-order valence-electron chi connectivity index (χ1n) is 8.22. The Labute approximate surface area is 151 Å². The second-order valence-corrected chi connectivity index (χ2v) is 6.97. The summed E-state index contributed by atoms with van der Waals surface area (Å²) in [6.45, 7) is 4.19. The number of rotatable bonds is 6. The van der Waals surface area contributed by atoms with Crippen molar-refractivity contribution in [3.8, 4) is 5.75 Å². The van der Waals surface area contributed by atoms with Crippen LogP contribution in [0, 0.1) is 0 Å². The van der Waals surface area contributed by atoms with Crippen molar-refractivity contribution in [1.29, 1.82) is 0 Å². The van der Waals surface area contributed by atoms with Crippen LogP contribution in [0.25, 0.3) is 10.8 Å². The van der Waals surface area contributed by atoms with Gasteiger partial charge in [-0.1, -0.05) is 36.4 Å². The van der Waals surface area contributed by atoms with Gasteiger partial charge in [-0.15, -0.1) is 11.3 Å². The minimum absolute atomic E-state index is 0.126. The molecule has 25 heavy (non-hydrogen) atoms. The van der Waals surface area contributed by atoms with E-state index in [0.29, 0.717) is 17.9 Å². The van der Waals surface area contributed by atoms with Gasteiger partial charge in [-0.05, 0) is 42.1 Å². The highest BCUT2D eigenvalue weighted by atomic mass is 32.1. The Morgan fingerprint density at radius 1 is 1.20 bits per heavy atom. The minimum Gasteiger partial charge on any atom is -0.493 e. The molecule has 3 aromatic rings. The van der Waals surface area contributed by atoms with Gasteiger partial charge in [0.25, 0.3) is 5.91 Å². The Balaban J connectivity index is 1.89. The van der Waals surface area contributed by atoms with E-state index >= 15 is 0 Å². The summed E-state index contributed by atoms with van der Waals surface area (Å²) in [5.74, 6) is 0.298. The number of hydrogen-bond acceptors (Lipinski definition) is 4. The molecule has 0 radical (unpaired) electrons. The summed E-state index contributed by atoms with van der Waals surface area (Å²) in [6, 6.07) is 15.2. The van der Waals surface area contributed by atoms with Crippen LogP contribution in [-0.4, -0.2) is 24.2 Å². The zero-order valence-electron chi connectivity index (χ0n) is 14.3. The number of benzene rings is 2. The van der Waals surface area contributed by atoms with Crippen molar-refractivity contribution >= 4 is 28.0 Å². The van der Waals surface area contributed by atoms with Crippen molar-refractivity contribution in [2.45, 2.75) is 19.4 Å². The maximum atomic E-state index is 12.9. The SMILES string of the molecule is CCOc1ccc2ccccc2c1C(=O)NCC(C)(O)c1cccs1. The smallest absolute Gasteiger partial charge is 0.255 e. The van der Waals surface area contributed by atoms with Gasteiger partial charge in [0.1, 0.15) is 11.4 Å². The van der Waals surface area contributed by atoms with Gasteiger partial charge in [-0.25, -0.2) is 0 Å². The van der Waals surface area contributed by atoms with Gasteiger partial charge in [0.2, 0.25) is 0 Å². The standard InChI is InChI=1S/C20H21NO3S/c1-3-24-16-11-10-14-7-4-5-8-15(14)18(16)19(22)21-13-20(2,23)17-9-6-12-25-17/h4-12,23H,3,13H2,1-2H3,(H,21,22). The molecule has 3 rings (SSSR count). The van der Waals surface area contributed by atoms with E-state index in [1.54, 1.807) is 6.92 Å². The summed E-state index contributed by atoms with van der Waals surface area (Å²) in [4.78, 5) is 13.7. The largest absolute Gasteiger partial charge is 0.493 e. The Kier molecular flexibility index (Phi) is 5.06. The minimum atomic E-state index is -1.11. The Bertz CT molecular complexity index is 872. The van der Waals surface area contributed by atoms with E-state index in [-0.39, 0.29) is 12.5 Å². The number of aliphatic hydroxyl groups is 1. The molecule has 130 valence electrons. The molecule has 1 atom stereocenters. The van der Waals surface area contributed by atoms with E-state index in [1.807, 2.05) is 60.8 Å². The molecular weight excluding hydrogens is 334 g/mol. The zero-order chi connectivity index (χ0) is 17.9. The normalized spacial score (nSPS) is 13.4. The Hall–Kier alpha value is -2.37. The van der Waals surface area contributed by atoms with E-state index in [4.69, 9.17) is 4.74 Å². The summed E-state index contributed by atoms with van der Waals surface area (Å²) in [6.07, 6.45) is 0. The number of ether oxygens (including phenoxy) is 1. The van der Waals surface area contributed by atoms with Crippen molar-refractivity contribution in [1.82, 2.24) is 5.32 Å². The fourth-order valence-electron chi connectivity index (χ4n) is 2.77. The molecule has 0 spiro atoms. The molecule has 5 heteroatoms. The van der Waals surface area contributed by atoms with Gasteiger partial charge in [-0.2, -0.15) is 0 Å². The fourth-order valence-corrected chi connectivity index (χ4v) is 3.56. The quantitative estimate of drug-likeness (QED) is 0.704. The summed E-state index contributed by atoms with van der Waals surface area (Å²) < 4.78 is 5.65. The third-order valence-corrected chi connectivity index (χ3v) is 5.19. The van der Waals surface area contributed by atoms with Crippen LogP contribution in [-0.2, 0) is 5.60 Å². The molecule has 1 heterocycles. The van der Waals surface area contributed by atoms with E-state index in [9.17, 15) is 9.90 Å². The molecule has 0 saturated carbocycles. The number of thiophene rings is 1. The number of amides is 1. The highest BCUT2D eigenvalue weighted by molar-refractivity contribution is 7.10. The molecule has 0 aliphatic carbocycles. The average Bonchev–Trinajstić information content (AvgIpc) is 3.15. The average molecular weight is 355 g/mol. The zero-order valence-corrected chi connectivity index (χ0v) is 15.1. The summed E-state index contributed by atoms with van der Waals surface area (Å²) in [5, 5.41) is 17.2. The lowest BCUT2D eigenvalue weighted by atomic mass is 10.0. The van der Waals surface area contributed by atoms with Crippen molar-refractivity contribution in [3.63, 3.8) is 0 Å². The topological polar surface area (TPSA) is 58.6 Å². The molecule has 2 N–H and O–H groups in total. The van der Waals surface area contributed by atoms with Crippen LogP contribution in [0.3, 0.4) is 0 Å². The van der Waals surface area contributed by atoms with Crippen LogP contribution < -0.4 is 10.1 Å². The maximum Gasteiger partial charge on any atom is 0.255 e. The second-order valence-electron chi connectivity index (χ2n) is 6.03. The van der Waals surface area contributed by atoms with Crippen molar-refractivity contribution in [2.24, 2.45) is 0 Å². The van der Waals surface area contributed by atoms with Gasteiger partial charge < -0.3 is 15.2 Å². The lowest BCUT2D eigenvalue weighted by Crippen LogP contribution is -2.38. The summed E-state index contributed by atoms with van der Waals surface area (Å²) >= 11 is 1.47. The van der Waals surface area contributed by atoms with Gasteiger partial charge in [0.15, 0.2) is 0 Å². The molecule has 0 aliphatic rings. The molecular formula is C20H21NO3S. The molecule has 1 aromatic heterocycles. The first-order chi connectivity index (χ1) is 12.0. The highest BCUT2D eigenvalue weighted by Gasteiger charge is 2.26. The molecule has 4 nitrogen and oxygen atoms in total. The fraction of sp³-hybridized carbons (Fsp3) is 0.250. The van der Waals surface area contributed by atoms with Gasteiger partial charge >= 0.3 is 0 Å². The number of fused-ring (bicyclic) bond motifs is 1. The Morgan fingerprint density at radius 3 is 2.72 bits per heavy atom. The molecule has 0 saturated heterocycles. The van der Waals surface area contributed by atoms with E-state index in [0.717, 1.165) is 15.6 Å². The van der Waals surface area contributed by atoms with Gasteiger partial charge in [0, 0.05) is 4.88 Å². The molecule has 1 unspecified atom stereocenters. The van der Waals surface area contributed by atoms with Crippen molar-refractivity contribution in [3.05, 3.63) is 64.4 Å². The monoisotopic (exact) mass is 355 g/mol. The number of carbonyl (C=O) groups is 1. The first-order valence-corrected chi connectivity index (χ1v) is 9.10. The molecule has 0 bridgehead atoms. The molecule has 2 aromatic carbocycles. The first kappa shape index (κ1) is 17.5. The predicted octanol–water partition coefficient (Wildman–Crippen LogP) is 3.94. The van der Waals surface area contributed by atoms with Crippen LogP contribution in [0.1, 0.15) is 29.1 Å². The lowest BCUT2D eigenvalue weighted by Gasteiger charge is -2.23. The summed E-state index contributed by atoms with van der Waals surface area (Å²) in [7, 11) is 0. The highest BCUT2D eigenvalue weighted by Crippen LogP contribution is 2.29. The number of carbonyl (C=O) groups excluding carboxylic acids is 1. The van der Waals surface area contributed by atoms with Crippen LogP contribution in [0.4, 0.5) is 0 Å². The lowest BCUT2D eigenvalue weighted by molar-refractivity contribution is 0.0556. The molecule has 0 aliphatic heterocycles. The van der Waals surface area contributed by atoms with Gasteiger partial charge in [0.05, 0.1) is 18.7 Å². The van der Waals surface area contributed by atoms with E-state index in [1.165, 1.54) is 11.3 Å². The second kappa shape index (κ2) is 7.25. The predicted molar refractivity (Wildman–Crippen MR) is 101 cm³/mol. The van der Waals surface area contributed by atoms with Crippen LogP contribution in [0.5, 0.6) is 5.75 Å². The van der Waals surface area contributed by atoms with Gasteiger partial charge in [-0.3, -0.25) is 4.79 Å². The van der Waals surface area contributed by atoms with Crippen molar-refractivity contribution in [2.75, 3.05) is 13.2 Å². The number of hydrogen-bond donors (Lipinski definition) is 2. The molecule has 1 amide bonds. The maximum absolute atomic E-state index is 12.9. The van der Waals surface area contributed by atoms with Crippen LogP contribution in [0.15, 0.2) is 53.9 Å². The number of nitrogens with one attached hydrogen (secondary N) is 1. The molecule has 0 fully saturated rings. The van der Waals surface area contributed by atoms with Crippen LogP contribution in [0.2, 0.25) is 0 Å². The van der Waals surface area contributed by atoms with Crippen LogP contribution >= 0.6 is 11.3 Å². The van der Waals surface area contributed by atoms with Crippen molar-refractivity contribution < 1.29 is 14.6 Å². The Morgan fingerprint density at radius 2 is 2.00 bits per heavy atom. The third kappa shape index (κ3) is 3.67. The summed E-state index contributed by atoms with van der Waals surface area (Å²) in [5.41, 5.74) is -0.609.